The van der Waals surface area contributed by atoms with Crippen molar-refractivity contribution in [2.24, 2.45) is 0 Å². The van der Waals surface area contributed by atoms with Crippen LogP contribution in [0.5, 0.6) is 0 Å². The molecule has 0 saturated carbocycles. The number of methoxy groups -OCH3 is 1. The van der Waals surface area contributed by atoms with Gasteiger partial charge in [0.2, 0.25) is 0 Å². The van der Waals surface area contributed by atoms with Gasteiger partial charge in [-0.1, -0.05) is 0 Å². The topological polar surface area (TPSA) is 18.5 Å². The third-order valence-electron chi connectivity index (χ3n) is 5.47. The average Bonchev–Trinajstić information content (AvgIpc) is 2.55. The fraction of sp³-hybridized carbons (Fsp3) is 0.714. The first-order valence-corrected chi connectivity index (χ1v) is 15.0. The molecule has 0 N–H and O–H groups in total. The molecule has 148 valence electrons. The van der Waals surface area contributed by atoms with E-state index in [9.17, 15) is 0 Å². The van der Waals surface area contributed by atoms with Crippen LogP contribution in [0.2, 0.25) is 0 Å². The van der Waals surface area contributed by atoms with Crippen LogP contribution < -0.4 is 5.30 Å². The molecule has 0 spiro atoms. The Morgan fingerprint density at radius 1 is 1.23 bits per heavy atom. The maximum atomic E-state index is 6.51. The third-order valence-corrected chi connectivity index (χ3v) is 14.4. The Labute approximate surface area is 172 Å². The van der Waals surface area contributed by atoms with E-state index in [-0.39, 0.29) is 16.2 Å². The average molecular weight is 462 g/mol. The molecule has 2 nitrogen and oxygen atoms in total. The van der Waals surface area contributed by atoms with E-state index in [1.54, 1.807) is 7.11 Å². The summed E-state index contributed by atoms with van der Waals surface area (Å²) < 4.78 is 11.9. The maximum absolute atomic E-state index is 6.51. The molecule has 1 aromatic carbocycles. The molecule has 1 aliphatic heterocycles. The molecule has 2 rings (SSSR count). The molecule has 0 aliphatic carbocycles. The van der Waals surface area contributed by atoms with Crippen molar-refractivity contribution in [2.45, 2.75) is 71.1 Å². The predicted molar refractivity (Wildman–Crippen MR) is 119 cm³/mol. The van der Waals surface area contributed by atoms with Gasteiger partial charge in [-0.15, -0.1) is 0 Å². The summed E-state index contributed by atoms with van der Waals surface area (Å²) in [5.74, 6) is 0. The summed E-state index contributed by atoms with van der Waals surface area (Å²) in [5, 5.41) is 1.44. The fourth-order valence-corrected chi connectivity index (χ4v) is 8.84. The Hall–Kier alpha value is 0.439. The molecule has 1 atom stereocenters. The SMILES string of the molecule is COCCC(C)(C)c1cc(C(C)(C)C)cc2c1P(=[Se])(SC)OCC2(C)C. The number of fused-ring (bicyclic) bond motifs is 1. The van der Waals surface area contributed by atoms with Crippen LogP contribution in [-0.2, 0) is 25.5 Å². The van der Waals surface area contributed by atoms with Crippen LogP contribution in [-0.4, -0.2) is 41.7 Å². The van der Waals surface area contributed by atoms with Crippen molar-refractivity contribution in [1.29, 1.82) is 0 Å². The molecule has 0 aromatic heterocycles. The second-order valence-electron chi connectivity index (χ2n) is 9.63. The van der Waals surface area contributed by atoms with Gasteiger partial charge in [0.25, 0.3) is 0 Å². The summed E-state index contributed by atoms with van der Waals surface area (Å²) in [6, 6.07) is 4.90. The zero-order chi connectivity index (χ0) is 20.0. The molecule has 1 aliphatic rings. The van der Waals surface area contributed by atoms with Gasteiger partial charge >= 0.3 is 173 Å². The van der Waals surface area contributed by atoms with Gasteiger partial charge in [0, 0.05) is 0 Å². The van der Waals surface area contributed by atoms with Crippen molar-refractivity contribution < 1.29 is 9.26 Å². The Morgan fingerprint density at radius 2 is 1.85 bits per heavy atom. The van der Waals surface area contributed by atoms with Gasteiger partial charge in [0.1, 0.15) is 0 Å². The number of hydrogen-bond acceptors (Lipinski definition) is 3. The summed E-state index contributed by atoms with van der Waals surface area (Å²) in [6.07, 6.45) is 3.17. The zero-order valence-electron chi connectivity index (χ0n) is 17.9. The number of rotatable bonds is 5. The first-order chi connectivity index (χ1) is 11.8. The quantitative estimate of drug-likeness (QED) is 0.425. The van der Waals surface area contributed by atoms with Gasteiger partial charge in [0.15, 0.2) is 0 Å². The number of hydrogen-bond donors (Lipinski definition) is 0. The van der Waals surface area contributed by atoms with Crippen LogP contribution in [0.25, 0.3) is 0 Å². The Morgan fingerprint density at radius 3 is 2.35 bits per heavy atom. The molecule has 5 heteroatoms. The summed E-state index contributed by atoms with van der Waals surface area (Å²) in [4.78, 5) is -1.80. The van der Waals surface area contributed by atoms with Crippen LogP contribution >= 0.6 is 16.3 Å². The van der Waals surface area contributed by atoms with Gasteiger partial charge in [-0.2, -0.15) is 0 Å². The first kappa shape index (κ1) is 22.7. The molecule has 0 bridgehead atoms. The minimum atomic E-state index is -1.80. The van der Waals surface area contributed by atoms with Crippen molar-refractivity contribution in [3.05, 3.63) is 28.8 Å². The molecule has 1 aromatic rings. The molecule has 0 saturated heterocycles. The van der Waals surface area contributed by atoms with E-state index < -0.39 is 4.94 Å². The van der Waals surface area contributed by atoms with E-state index in [4.69, 9.17) is 9.26 Å². The number of ether oxygens (including phenoxy) is 1. The van der Waals surface area contributed by atoms with Gasteiger partial charge in [0.05, 0.1) is 0 Å². The summed E-state index contributed by atoms with van der Waals surface area (Å²) in [5.41, 5.74) is 4.49. The monoisotopic (exact) mass is 462 g/mol. The van der Waals surface area contributed by atoms with Crippen molar-refractivity contribution in [1.82, 2.24) is 0 Å². The van der Waals surface area contributed by atoms with E-state index in [2.05, 4.69) is 82.0 Å². The van der Waals surface area contributed by atoms with Crippen molar-refractivity contribution >= 4 is 36.7 Å². The predicted octanol–water partition coefficient (Wildman–Crippen LogP) is 5.53. The molecular formula is C21H35O2PSSe. The van der Waals surface area contributed by atoms with Crippen LogP contribution in [0, 0.1) is 0 Å². The Kier molecular flexibility index (Phi) is 6.73. The Bertz CT molecular complexity index is 719. The van der Waals surface area contributed by atoms with E-state index in [0.29, 0.717) is 0 Å². The van der Waals surface area contributed by atoms with E-state index >= 15 is 0 Å². The van der Waals surface area contributed by atoms with Gasteiger partial charge < -0.3 is 0 Å². The van der Waals surface area contributed by atoms with Crippen molar-refractivity contribution in [2.75, 3.05) is 26.6 Å². The van der Waals surface area contributed by atoms with Gasteiger partial charge in [-0.3, -0.25) is 0 Å². The van der Waals surface area contributed by atoms with Gasteiger partial charge in [-0.25, -0.2) is 0 Å². The molecule has 26 heavy (non-hydrogen) atoms. The molecule has 1 heterocycles. The summed E-state index contributed by atoms with van der Waals surface area (Å²) >= 11 is 5.34. The van der Waals surface area contributed by atoms with Crippen LogP contribution in [0.3, 0.4) is 0 Å². The first-order valence-electron chi connectivity index (χ1n) is 9.28. The normalized spacial score (nSPS) is 23.0. The molecule has 1 unspecified atom stereocenters. The van der Waals surface area contributed by atoms with Crippen LogP contribution in [0.4, 0.5) is 0 Å². The second kappa shape index (κ2) is 7.69. The Balaban J connectivity index is 2.87. The standard InChI is InChI=1S/C21H35O2PSSe/c1-19(2,3)15-12-16(20(4,5)10-11-22-8)18-17(13-15)21(6,7)14-23-24(18,26)25-9/h12-13H,10-11,14H2,1-9H3. The van der Waals surface area contributed by atoms with Crippen LogP contribution in [0.1, 0.15) is 71.6 Å². The van der Waals surface area contributed by atoms with E-state index in [1.165, 1.54) is 22.0 Å². The molecule has 0 amide bonds. The number of benzene rings is 1. The van der Waals surface area contributed by atoms with E-state index in [0.717, 1.165) is 19.6 Å². The summed E-state index contributed by atoms with van der Waals surface area (Å²) in [6.45, 7) is 17.8. The van der Waals surface area contributed by atoms with Crippen LogP contribution in [0.15, 0.2) is 12.1 Å². The van der Waals surface area contributed by atoms with Gasteiger partial charge in [-0.05, 0) is 0 Å². The molecule has 0 radical (unpaired) electrons. The fourth-order valence-electron chi connectivity index (χ4n) is 3.42. The zero-order valence-corrected chi connectivity index (χ0v) is 21.3. The van der Waals surface area contributed by atoms with Crippen molar-refractivity contribution in [3.63, 3.8) is 0 Å². The third kappa shape index (κ3) is 4.37. The van der Waals surface area contributed by atoms with Crippen molar-refractivity contribution in [3.8, 4) is 0 Å². The molecule has 0 fully saturated rings. The second-order valence-corrected chi connectivity index (χ2v) is 19.1. The minimum absolute atomic E-state index is 0.0196. The van der Waals surface area contributed by atoms with E-state index in [1.807, 2.05) is 11.4 Å². The summed E-state index contributed by atoms with van der Waals surface area (Å²) in [7, 11) is 1.79. The molecular weight excluding hydrogens is 426 g/mol.